The Kier molecular flexibility index (Phi) is 7.51. The molecule has 1 saturated heterocycles. The third kappa shape index (κ3) is 6.27. The van der Waals surface area contributed by atoms with Crippen LogP contribution in [0.5, 0.6) is 5.75 Å². The second-order valence-corrected chi connectivity index (χ2v) is 8.14. The van der Waals surface area contributed by atoms with Gasteiger partial charge in [0.05, 0.1) is 13.2 Å². The highest BCUT2D eigenvalue weighted by Gasteiger charge is 2.22. The maximum Gasteiger partial charge on any atom is 0.241 e. The van der Waals surface area contributed by atoms with Gasteiger partial charge in [-0.1, -0.05) is 16.8 Å². The van der Waals surface area contributed by atoms with E-state index in [0.29, 0.717) is 62.3 Å². The first-order valence-electron chi connectivity index (χ1n) is 10.6. The lowest BCUT2D eigenvalue weighted by molar-refractivity contribution is -0.133. The summed E-state index contributed by atoms with van der Waals surface area (Å²) in [5, 5.41) is 4.67. The van der Waals surface area contributed by atoms with E-state index in [-0.39, 0.29) is 18.3 Å². The number of rotatable bonds is 8. The summed E-state index contributed by atoms with van der Waals surface area (Å²) in [6.45, 7) is 3.29. The van der Waals surface area contributed by atoms with Crippen LogP contribution in [-0.4, -0.2) is 58.6 Å². The number of halogens is 3. The maximum atomic E-state index is 13.6. The zero-order valence-corrected chi connectivity index (χ0v) is 18.6. The predicted octanol–water partition coefficient (Wildman–Crippen LogP) is 4.17. The summed E-state index contributed by atoms with van der Waals surface area (Å²) in [7, 11) is 0. The van der Waals surface area contributed by atoms with E-state index >= 15 is 0 Å². The van der Waals surface area contributed by atoms with Crippen molar-refractivity contribution in [1.82, 2.24) is 19.9 Å². The smallest absolute Gasteiger partial charge is 0.241 e. The van der Waals surface area contributed by atoms with Gasteiger partial charge in [-0.2, -0.15) is 4.98 Å². The number of hydrogen-bond donors (Lipinski definition) is 0. The molecular formula is C23H23ClF2N4O3. The molecule has 0 radical (unpaired) electrons. The number of aromatic nitrogens is 2. The van der Waals surface area contributed by atoms with Gasteiger partial charge < -0.3 is 14.2 Å². The minimum atomic E-state index is -0.751. The van der Waals surface area contributed by atoms with E-state index in [4.69, 9.17) is 20.9 Å². The minimum Gasteiger partial charge on any atom is -0.491 e. The average Bonchev–Trinajstić information content (AvgIpc) is 3.27. The molecule has 0 saturated carbocycles. The summed E-state index contributed by atoms with van der Waals surface area (Å²) in [6, 6.07) is 10.4. The van der Waals surface area contributed by atoms with Gasteiger partial charge in [-0.3, -0.25) is 9.69 Å². The first-order valence-corrected chi connectivity index (χ1v) is 11.0. The Bertz CT molecular complexity index is 1090. The normalized spacial score (nSPS) is 14.5. The minimum absolute atomic E-state index is 0.0160. The van der Waals surface area contributed by atoms with Crippen LogP contribution in [0, 0.1) is 11.6 Å². The van der Waals surface area contributed by atoms with Gasteiger partial charge in [0.25, 0.3) is 0 Å². The van der Waals surface area contributed by atoms with Crippen molar-refractivity contribution < 1.29 is 22.8 Å². The molecule has 0 spiro atoms. The second kappa shape index (κ2) is 10.7. The number of carbonyl (C=O) groups excluding carboxylic acids is 1. The number of hydrogen-bond acceptors (Lipinski definition) is 6. The molecule has 0 N–H and O–H groups in total. The van der Waals surface area contributed by atoms with Crippen LogP contribution < -0.4 is 4.74 Å². The van der Waals surface area contributed by atoms with Crippen LogP contribution in [0.2, 0.25) is 5.02 Å². The SMILES string of the molecule is O=C(CCCOc1ccc(F)cc1F)N1CCN(Cc2nc(-c3ccc(Cl)cc3)no2)CC1. The average molecular weight is 477 g/mol. The fourth-order valence-corrected chi connectivity index (χ4v) is 3.66. The summed E-state index contributed by atoms with van der Waals surface area (Å²) in [5.41, 5.74) is 0.830. The number of nitrogens with zero attached hydrogens (tertiary/aromatic N) is 4. The monoisotopic (exact) mass is 476 g/mol. The number of ether oxygens (including phenoxy) is 1. The van der Waals surface area contributed by atoms with Gasteiger partial charge >= 0.3 is 0 Å². The van der Waals surface area contributed by atoms with Gasteiger partial charge in [0.1, 0.15) is 5.82 Å². The van der Waals surface area contributed by atoms with Crippen molar-refractivity contribution in [2.75, 3.05) is 32.8 Å². The molecule has 1 amide bonds. The Morgan fingerprint density at radius 1 is 1.09 bits per heavy atom. The summed E-state index contributed by atoms with van der Waals surface area (Å²) < 4.78 is 37.1. The molecule has 0 aliphatic carbocycles. The third-order valence-electron chi connectivity index (χ3n) is 5.34. The van der Waals surface area contributed by atoms with Gasteiger partial charge in [-0.25, -0.2) is 8.78 Å². The first-order chi connectivity index (χ1) is 16.0. The summed E-state index contributed by atoms with van der Waals surface area (Å²) >= 11 is 5.91. The topological polar surface area (TPSA) is 71.7 Å². The zero-order chi connectivity index (χ0) is 23.2. The van der Waals surface area contributed by atoms with E-state index in [1.54, 1.807) is 12.1 Å². The molecule has 0 bridgehead atoms. The maximum absolute atomic E-state index is 13.6. The molecule has 1 aliphatic rings. The Morgan fingerprint density at radius 2 is 1.85 bits per heavy atom. The summed E-state index contributed by atoms with van der Waals surface area (Å²) in [4.78, 5) is 20.9. The number of carbonyl (C=O) groups is 1. The van der Waals surface area contributed by atoms with Crippen LogP contribution in [0.25, 0.3) is 11.4 Å². The zero-order valence-electron chi connectivity index (χ0n) is 17.8. The molecule has 1 aliphatic heterocycles. The van der Waals surface area contributed by atoms with Gasteiger partial charge in [-0.05, 0) is 42.8 Å². The molecule has 10 heteroatoms. The van der Waals surface area contributed by atoms with Crippen molar-refractivity contribution >= 4 is 17.5 Å². The molecule has 4 rings (SSSR count). The molecular weight excluding hydrogens is 454 g/mol. The van der Waals surface area contributed by atoms with Gasteiger partial charge in [-0.15, -0.1) is 0 Å². The summed E-state index contributed by atoms with van der Waals surface area (Å²) in [6.07, 6.45) is 0.752. The largest absolute Gasteiger partial charge is 0.491 e. The lowest BCUT2D eigenvalue weighted by Crippen LogP contribution is -2.48. The fourth-order valence-electron chi connectivity index (χ4n) is 3.54. The highest BCUT2D eigenvalue weighted by atomic mass is 35.5. The van der Waals surface area contributed by atoms with Crippen molar-refractivity contribution in [2.24, 2.45) is 0 Å². The van der Waals surface area contributed by atoms with Crippen LogP contribution in [0.3, 0.4) is 0 Å². The number of amides is 1. The van der Waals surface area contributed by atoms with Crippen LogP contribution in [-0.2, 0) is 11.3 Å². The predicted molar refractivity (Wildman–Crippen MR) is 118 cm³/mol. The van der Waals surface area contributed by atoms with Crippen LogP contribution in [0.1, 0.15) is 18.7 Å². The fraction of sp³-hybridized carbons (Fsp3) is 0.348. The standard InChI is InChI=1S/C23H23ClF2N4O3/c24-17-5-3-16(4-6-17)23-27-21(33-28-23)15-29-9-11-30(12-10-29)22(31)2-1-13-32-20-8-7-18(25)14-19(20)26/h3-8,14H,1-2,9-13,15H2. The first kappa shape index (κ1) is 23.1. The third-order valence-corrected chi connectivity index (χ3v) is 5.59. The van der Waals surface area contributed by atoms with E-state index in [1.807, 2.05) is 17.0 Å². The van der Waals surface area contributed by atoms with E-state index in [1.165, 1.54) is 6.07 Å². The van der Waals surface area contributed by atoms with E-state index < -0.39 is 11.6 Å². The molecule has 3 aromatic rings. The second-order valence-electron chi connectivity index (χ2n) is 7.70. The Hall–Kier alpha value is -3.04. The van der Waals surface area contributed by atoms with E-state index in [0.717, 1.165) is 17.7 Å². The van der Waals surface area contributed by atoms with E-state index in [2.05, 4.69) is 15.0 Å². The molecule has 33 heavy (non-hydrogen) atoms. The van der Waals surface area contributed by atoms with Gasteiger partial charge in [0, 0.05) is 49.3 Å². The lowest BCUT2D eigenvalue weighted by Gasteiger charge is -2.34. The van der Waals surface area contributed by atoms with Crippen molar-refractivity contribution in [3.8, 4) is 17.1 Å². The summed E-state index contributed by atoms with van der Waals surface area (Å²) in [5.74, 6) is -0.365. The molecule has 0 unspecified atom stereocenters. The van der Waals surface area contributed by atoms with Crippen LogP contribution in [0.15, 0.2) is 47.0 Å². The molecule has 1 aromatic heterocycles. The van der Waals surface area contributed by atoms with Crippen molar-refractivity contribution in [3.63, 3.8) is 0 Å². The van der Waals surface area contributed by atoms with E-state index in [9.17, 15) is 13.6 Å². The van der Waals surface area contributed by atoms with Crippen molar-refractivity contribution in [3.05, 3.63) is 65.0 Å². The van der Waals surface area contributed by atoms with Crippen molar-refractivity contribution in [1.29, 1.82) is 0 Å². The Morgan fingerprint density at radius 3 is 2.58 bits per heavy atom. The molecule has 0 atom stereocenters. The van der Waals surface area contributed by atoms with Gasteiger partial charge in [0.2, 0.25) is 17.6 Å². The molecule has 2 aromatic carbocycles. The Balaban J connectivity index is 1.17. The number of piperazine rings is 1. The van der Waals surface area contributed by atoms with Crippen molar-refractivity contribution in [2.45, 2.75) is 19.4 Å². The molecule has 2 heterocycles. The molecule has 174 valence electrons. The highest BCUT2D eigenvalue weighted by molar-refractivity contribution is 6.30. The Labute approximate surface area is 194 Å². The molecule has 7 nitrogen and oxygen atoms in total. The van der Waals surface area contributed by atoms with Crippen LogP contribution in [0.4, 0.5) is 8.78 Å². The quantitative estimate of drug-likeness (QED) is 0.454. The lowest BCUT2D eigenvalue weighted by atomic mass is 10.2. The van der Waals surface area contributed by atoms with Gasteiger partial charge in [0.15, 0.2) is 11.6 Å². The number of benzene rings is 2. The molecule has 1 fully saturated rings. The van der Waals surface area contributed by atoms with Crippen LogP contribution >= 0.6 is 11.6 Å². The highest BCUT2D eigenvalue weighted by Crippen LogP contribution is 2.20.